The maximum Gasteiger partial charge on any atom is 0.409 e. The predicted octanol–water partition coefficient (Wildman–Crippen LogP) is 2.39. The number of sulfonamides is 1. The zero-order valence-electron chi connectivity index (χ0n) is 12.0. The largest absolute Gasteiger partial charge is 0.409 e. The minimum absolute atomic E-state index is 0.222. The molecule has 1 atom stereocenters. The Bertz CT molecular complexity index is 789. The molecule has 0 bridgehead atoms. The van der Waals surface area contributed by atoms with Gasteiger partial charge in [0.05, 0.1) is 6.20 Å². The molecule has 0 saturated heterocycles. The molecular weight excluding hydrogens is 357 g/mol. The van der Waals surface area contributed by atoms with Crippen molar-refractivity contribution in [3.8, 4) is 0 Å². The van der Waals surface area contributed by atoms with Crippen LogP contribution in [-0.2, 0) is 17.1 Å². The first-order valence-electron chi connectivity index (χ1n) is 6.20. The molecule has 2 aromatic rings. The summed E-state index contributed by atoms with van der Waals surface area (Å²) in [6.45, 7) is 0. The van der Waals surface area contributed by atoms with E-state index in [-0.39, 0.29) is 14.9 Å². The van der Waals surface area contributed by atoms with E-state index in [0.29, 0.717) is 0 Å². The fourth-order valence-electron chi connectivity index (χ4n) is 1.98. The van der Waals surface area contributed by atoms with Gasteiger partial charge in [0.1, 0.15) is 6.04 Å². The van der Waals surface area contributed by atoms with Crippen LogP contribution in [0.5, 0.6) is 0 Å². The van der Waals surface area contributed by atoms with Gasteiger partial charge in [-0.2, -0.15) is 17.5 Å². The van der Waals surface area contributed by atoms with Gasteiger partial charge < -0.3 is 0 Å². The zero-order chi connectivity index (χ0) is 17.4. The first kappa shape index (κ1) is 17.7. The highest BCUT2D eigenvalue weighted by atomic mass is 35.5. The first-order valence-corrected chi connectivity index (χ1v) is 8.02. The van der Waals surface area contributed by atoms with Crippen molar-refractivity contribution in [2.45, 2.75) is 17.2 Å². The molecule has 0 aliphatic heterocycles. The molecule has 11 heteroatoms. The molecule has 1 unspecified atom stereocenters. The Hall–Kier alpha value is -1.65. The maximum atomic E-state index is 13.4. The lowest BCUT2D eigenvalue weighted by Crippen LogP contribution is -2.39. The first-order chi connectivity index (χ1) is 10.5. The van der Waals surface area contributed by atoms with Crippen molar-refractivity contribution >= 4 is 21.6 Å². The van der Waals surface area contributed by atoms with Crippen molar-refractivity contribution in [2.24, 2.45) is 7.05 Å². The quantitative estimate of drug-likeness (QED) is 0.831. The van der Waals surface area contributed by atoms with Crippen LogP contribution >= 0.6 is 11.6 Å². The van der Waals surface area contributed by atoms with Crippen molar-refractivity contribution in [3.05, 3.63) is 41.0 Å². The van der Waals surface area contributed by atoms with Gasteiger partial charge in [-0.1, -0.05) is 28.9 Å². The highest BCUT2D eigenvalue weighted by molar-refractivity contribution is 7.89. The lowest BCUT2D eigenvalue weighted by molar-refractivity contribution is -0.171. The van der Waals surface area contributed by atoms with Gasteiger partial charge in [0.25, 0.3) is 10.0 Å². The summed E-state index contributed by atoms with van der Waals surface area (Å²) in [5, 5.41) is 6.49. The van der Waals surface area contributed by atoms with Gasteiger partial charge in [-0.15, -0.1) is 5.10 Å². The Morgan fingerprint density at radius 3 is 2.26 bits per heavy atom. The molecule has 1 aromatic heterocycles. The Morgan fingerprint density at radius 1 is 1.26 bits per heavy atom. The van der Waals surface area contributed by atoms with Gasteiger partial charge in [0.15, 0.2) is 0 Å². The summed E-state index contributed by atoms with van der Waals surface area (Å²) in [7, 11) is -2.22. The predicted molar refractivity (Wildman–Crippen MR) is 76.2 cm³/mol. The smallest absolute Gasteiger partial charge is 0.254 e. The second-order valence-electron chi connectivity index (χ2n) is 4.75. The SMILES string of the molecule is CN(C(c1ccc(Cl)cc1)C(F)(F)F)S(=O)(=O)c1cn(C)nn1. The number of nitrogens with zero attached hydrogens (tertiary/aromatic N) is 4. The van der Waals surface area contributed by atoms with Crippen molar-refractivity contribution in [2.75, 3.05) is 7.05 Å². The molecule has 0 N–H and O–H groups in total. The third kappa shape index (κ3) is 3.65. The fourth-order valence-corrected chi connectivity index (χ4v) is 3.35. The molecule has 1 heterocycles. The van der Waals surface area contributed by atoms with Crippen LogP contribution < -0.4 is 0 Å². The van der Waals surface area contributed by atoms with E-state index in [9.17, 15) is 21.6 Å². The molecule has 0 fully saturated rings. The van der Waals surface area contributed by atoms with Crippen molar-refractivity contribution < 1.29 is 21.6 Å². The van der Waals surface area contributed by atoms with Crippen molar-refractivity contribution in [3.63, 3.8) is 0 Å². The van der Waals surface area contributed by atoms with Crippen LogP contribution in [-0.4, -0.2) is 40.9 Å². The van der Waals surface area contributed by atoms with E-state index in [2.05, 4.69) is 10.3 Å². The number of halogens is 4. The number of rotatable bonds is 4. The number of benzene rings is 1. The molecule has 1 aromatic carbocycles. The van der Waals surface area contributed by atoms with Crippen LogP contribution in [0.3, 0.4) is 0 Å². The Morgan fingerprint density at radius 2 is 1.83 bits per heavy atom. The second kappa shape index (κ2) is 6.10. The molecule has 0 amide bonds. The van der Waals surface area contributed by atoms with Crippen LogP contribution in [0.15, 0.2) is 35.5 Å². The molecule has 0 spiro atoms. The normalized spacial score (nSPS) is 14.2. The Kier molecular flexibility index (Phi) is 4.69. The summed E-state index contributed by atoms with van der Waals surface area (Å²) < 4.78 is 66.3. The standard InChI is InChI=1S/C12H12ClF3N4O2S/c1-19-7-10(17-18-19)23(21,22)20(2)11(12(14,15)16)8-3-5-9(13)6-4-8/h3-7,11H,1-2H3. The Balaban J connectivity index is 2.49. The third-order valence-corrected chi connectivity index (χ3v) is 5.02. The monoisotopic (exact) mass is 368 g/mol. The highest BCUT2D eigenvalue weighted by Crippen LogP contribution is 2.39. The van der Waals surface area contributed by atoms with Crippen LogP contribution in [0.4, 0.5) is 13.2 Å². The van der Waals surface area contributed by atoms with E-state index in [1.807, 2.05) is 0 Å². The van der Waals surface area contributed by atoms with Gasteiger partial charge in [-0.25, -0.2) is 8.42 Å². The topological polar surface area (TPSA) is 68.1 Å². The summed E-state index contributed by atoms with van der Waals surface area (Å²) in [4.78, 5) is 0. The lowest BCUT2D eigenvalue weighted by atomic mass is 10.1. The van der Waals surface area contributed by atoms with E-state index < -0.39 is 27.3 Å². The Labute approximate surface area is 135 Å². The van der Waals surface area contributed by atoms with Gasteiger partial charge in [0.2, 0.25) is 5.03 Å². The van der Waals surface area contributed by atoms with Crippen LogP contribution in [0.1, 0.15) is 11.6 Å². The van der Waals surface area contributed by atoms with Gasteiger partial charge in [0, 0.05) is 19.1 Å². The summed E-state index contributed by atoms with van der Waals surface area (Å²) in [6.07, 6.45) is -3.79. The lowest BCUT2D eigenvalue weighted by Gasteiger charge is -2.28. The number of hydrogen-bond acceptors (Lipinski definition) is 4. The molecule has 23 heavy (non-hydrogen) atoms. The van der Waals surface area contributed by atoms with Crippen LogP contribution in [0.2, 0.25) is 5.02 Å². The maximum absolute atomic E-state index is 13.4. The number of aryl methyl sites for hydroxylation is 1. The molecule has 0 aliphatic rings. The number of alkyl halides is 3. The van der Waals surface area contributed by atoms with Gasteiger partial charge in [-0.05, 0) is 17.7 Å². The van der Waals surface area contributed by atoms with Crippen LogP contribution in [0, 0.1) is 0 Å². The molecule has 126 valence electrons. The average molecular weight is 369 g/mol. The summed E-state index contributed by atoms with van der Waals surface area (Å²) in [5.74, 6) is 0. The fraction of sp³-hybridized carbons (Fsp3) is 0.333. The molecule has 2 rings (SSSR count). The van der Waals surface area contributed by atoms with Gasteiger partial charge >= 0.3 is 6.18 Å². The second-order valence-corrected chi connectivity index (χ2v) is 7.13. The van der Waals surface area contributed by atoms with Crippen molar-refractivity contribution in [1.82, 2.24) is 19.3 Å². The summed E-state index contributed by atoms with van der Waals surface area (Å²) in [5.41, 5.74) is -0.253. The van der Waals surface area contributed by atoms with Gasteiger partial charge in [-0.3, -0.25) is 4.68 Å². The van der Waals surface area contributed by atoms with E-state index in [0.717, 1.165) is 30.1 Å². The van der Waals surface area contributed by atoms with Crippen LogP contribution in [0.25, 0.3) is 0 Å². The zero-order valence-corrected chi connectivity index (χ0v) is 13.6. The highest BCUT2D eigenvalue weighted by Gasteiger charge is 2.48. The number of aromatic nitrogens is 3. The molecule has 0 aliphatic carbocycles. The van der Waals surface area contributed by atoms with E-state index in [1.54, 1.807) is 0 Å². The molecule has 0 radical (unpaired) electrons. The van der Waals surface area contributed by atoms with E-state index in [1.165, 1.54) is 19.2 Å². The summed E-state index contributed by atoms with van der Waals surface area (Å²) in [6, 6.07) is 2.41. The third-order valence-electron chi connectivity index (χ3n) is 3.08. The van der Waals surface area contributed by atoms with Crippen molar-refractivity contribution in [1.29, 1.82) is 0 Å². The number of hydrogen-bond donors (Lipinski definition) is 0. The average Bonchev–Trinajstić information content (AvgIpc) is 2.87. The minimum Gasteiger partial charge on any atom is -0.254 e. The summed E-state index contributed by atoms with van der Waals surface area (Å²) >= 11 is 5.66. The molecule has 0 saturated carbocycles. The minimum atomic E-state index is -4.82. The van der Waals surface area contributed by atoms with E-state index >= 15 is 0 Å². The molecule has 6 nitrogen and oxygen atoms in total. The molecular formula is C12H12ClF3N4O2S. The van der Waals surface area contributed by atoms with E-state index in [4.69, 9.17) is 11.6 Å².